The number of rotatable bonds is 5. The molecule has 0 aliphatic heterocycles. The molecule has 0 saturated heterocycles. The molecule has 0 fully saturated rings. The van der Waals surface area contributed by atoms with Gasteiger partial charge >= 0.3 is 0 Å². The van der Waals surface area contributed by atoms with E-state index in [9.17, 15) is 13.2 Å². The van der Waals surface area contributed by atoms with Crippen LogP contribution in [0.5, 0.6) is 0 Å². The zero-order valence-corrected chi connectivity index (χ0v) is 18.6. The molecule has 3 rings (SSSR count). The van der Waals surface area contributed by atoms with Gasteiger partial charge in [0.25, 0.3) is 5.91 Å². The van der Waals surface area contributed by atoms with Crippen LogP contribution in [0.3, 0.4) is 0 Å². The molecule has 3 aromatic rings. The van der Waals surface area contributed by atoms with E-state index in [1.165, 1.54) is 35.9 Å². The Morgan fingerprint density at radius 1 is 1.33 bits per heavy atom. The summed E-state index contributed by atoms with van der Waals surface area (Å²) in [6.45, 7) is 1.75. The van der Waals surface area contributed by atoms with Crippen molar-refractivity contribution in [2.24, 2.45) is 0 Å². The number of nitrogens with zero attached hydrogens (tertiary/aromatic N) is 4. The maximum atomic E-state index is 12.6. The predicted octanol–water partition coefficient (Wildman–Crippen LogP) is 2.88. The van der Waals surface area contributed by atoms with Crippen LogP contribution in [0.1, 0.15) is 29.1 Å². The molecule has 1 aromatic carbocycles. The first kappa shape index (κ1) is 20.2. The minimum absolute atomic E-state index is 0.0201. The van der Waals surface area contributed by atoms with Crippen molar-refractivity contribution in [3.63, 3.8) is 0 Å². The van der Waals surface area contributed by atoms with Crippen LogP contribution in [0, 0.1) is 2.88 Å². The Morgan fingerprint density at radius 2 is 2.07 bits per heavy atom. The number of carbonyl (C=O) groups is 1. The zero-order valence-electron chi connectivity index (χ0n) is 14.1. The SMILES string of the molecule is C[C@H](NC(=O)c1cc(Cl)cc(S(C)(=O)=O)c1)c1ncnn1-c1ncc(I)s1. The molecule has 2 heterocycles. The second-order valence-corrected chi connectivity index (χ2v) is 11.0. The number of nitrogens with one attached hydrogen (secondary N) is 1. The van der Waals surface area contributed by atoms with Crippen LogP contribution in [0.25, 0.3) is 5.13 Å². The second-order valence-electron chi connectivity index (χ2n) is 5.62. The van der Waals surface area contributed by atoms with Gasteiger partial charge in [0.2, 0.25) is 5.13 Å². The second kappa shape index (κ2) is 7.81. The van der Waals surface area contributed by atoms with Gasteiger partial charge in [-0.15, -0.1) is 0 Å². The van der Waals surface area contributed by atoms with Gasteiger partial charge in [-0.2, -0.15) is 9.78 Å². The quantitative estimate of drug-likeness (QED) is 0.502. The Balaban J connectivity index is 1.86. The molecule has 0 spiro atoms. The highest BCUT2D eigenvalue weighted by Crippen LogP contribution is 2.23. The first-order valence-corrected chi connectivity index (χ1v) is 11.6. The molecule has 0 aliphatic rings. The number of hydrogen-bond donors (Lipinski definition) is 1. The summed E-state index contributed by atoms with van der Waals surface area (Å²) in [6, 6.07) is 3.50. The summed E-state index contributed by atoms with van der Waals surface area (Å²) in [5.74, 6) is 0.0256. The first-order valence-electron chi connectivity index (χ1n) is 7.48. The first-order chi connectivity index (χ1) is 12.6. The number of hydrogen-bond acceptors (Lipinski definition) is 7. The fourth-order valence-corrected chi connectivity index (χ4v) is 4.61. The van der Waals surface area contributed by atoms with Crippen molar-refractivity contribution in [2.45, 2.75) is 17.9 Å². The Bertz CT molecular complexity index is 1110. The average Bonchev–Trinajstić information content (AvgIpc) is 3.21. The lowest BCUT2D eigenvalue weighted by Gasteiger charge is -2.14. The van der Waals surface area contributed by atoms with E-state index in [1.54, 1.807) is 17.8 Å². The summed E-state index contributed by atoms with van der Waals surface area (Å²) in [7, 11) is -3.49. The highest BCUT2D eigenvalue weighted by atomic mass is 127. The lowest BCUT2D eigenvalue weighted by Crippen LogP contribution is -2.28. The fourth-order valence-electron chi connectivity index (χ4n) is 2.29. The molecular weight excluding hydrogens is 525 g/mol. The summed E-state index contributed by atoms with van der Waals surface area (Å²) in [5, 5.41) is 7.74. The predicted molar refractivity (Wildman–Crippen MR) is 110 cm³/mol. The van der Waals surface area contributed by atoms with E-state index in [0.29, 0.717) is 11.0 Å². The smallest absolute Gasteiger partial charge is 0.251 e. The van der Waals surface area contributed by atoms with Crippen LogP contribution >= 0.6 is 45.5 Å². The summed E-state index contributed by atoms with van der Waals surface area (Å²) >= 11 is 9.56. The maximum Gasteiger partial charge on any atom is 0.251 e. The van der Waals surface area contributed by atoms with Crippen LogP contribution in [-0.4, -0.2) is 40.3 Å². The highest BCUT2D eigenvalue weighted by Gasteiger charge is 2.20. The van der Waals surface area contributed by atoms with Crippen molar-refractivity contribution >= 4 is 61.3 Å². The molecule has 1 atom stereocenters. The minimum Gasteiger partial charge on any atom is -0.342 e. The van der Waals surface area contributed by atoms with E-state index >= 15 is 0 Å². The van der Waals surface area contributed by atoms with E-state index in [4.69, 9.17) is 11.6 Å². The molecule has 0 bridgehead atoms. The van der Waals surface area contributed by atoms with Crippen molar-refractivity contribution in [3.8, 4) is 5.13 Å². The van der Waals surface area contributed by atoms with Gasteiger partial charge < -0.3 is 5.32 Å². The highest BCUT2D eigenvalue weighted by molar-refractivity contribution is 14.1. The summed E-state index contributed by atoms with van der Waals surface area (Å²) in [5.41, 5.74) is 0.143. The lowest BCUT2D eigenvalue weighted by atomic mass is 10.2. The minimum atomic E-state index is -3.49. The summed E-state index contributed by atoms with van der Waals surface area (Å²) in [6.07, 6.45) is 4.15. The normalized spacial score (nSPS) is 12.7. The zero-order chi connectivity index (χ0) is 19.8. The van der Waals surface area contributed by atoms with Gasteiger partial charge in [0.05, 0.1) is 20.0 Å². The van der Waals surface area contributed by atoms with Gasteiger partial charge in [-0.05, 0) is 47.7 Å². The van der Waals surface area contributed by atoms with E-state index < -0.39 is 21.8 Å². The van der Waals surface area contributed by atoms with Crippen LogP contribution < -0.4 is 5.32 Å². The third kappa shape index (κ3) is 4.65. The van der Waals surface area contributed by atoms with Gasteiger partial charge in [0.15, 0.2) is 15.7 Å². The number of halogens is 2. The Morgan fingerprint density at radius 3 is 2.70 bits per heavy atom. The standard InChI is InChI=1S/C15H13ClIN5O3S2/c1-8(13-19-7-20-22(13)15-18-6-12(17)26-15)21-14(23)9-3-10(16)5-11(4-9)27(2,24)25/h3-8H,1-2H3,(H,21,23)/t8-/m0/s1. The van der Waals surface area contributed by atoms with E-state index in [0.717, 1.165) is 9.14 Å². The summed E-state index contributed by atoms with van der Waals surface area (Å²) in [4.78, 5) is 21.0. The molecule has 1 amide bonds. The fraction of sp³-hybridized carbons (Fsp3) is 0.200. The van der Waals surface area contributed by atoms with Gasteiger partial charge in [0, 0.05) is 16.8 Å². The van der Waals surface area contributed by atoms with Crippen molar-refractivity contribution in [3.05, 3.63) is 50.0 Å². The Labute approximate surface area is 178 Å². The number of thiazole rings is 1. The summed E-state index contributed by atoms with van der Waals surface area (Å²) < 4.78 is 26.1. The van der Waals surface area contributed by atoms with Gasteiger partial charge in [-0.1, -0.05) is 22.9 Å². The monoisotopic (exact) mass is 537 g/mol. The number of sulfone groups is 1. The Kier molecular flexibility index (Phi) is 5.84. The van der Waals surface area contributed by atoms with Crippen molar-refractivity contribution in [2.75, 3.05) is 6.26 Å². The van der Waals surface area contributed by atoms with E-state index in [-0.39, 0.29) is 15.5 Å². The lowest BCUT2D eigenvalue weighted by molar-refractivity contribution is 0.0937. The molecule has 27 heavy (non-hydrogen) atoms. The number of carbonyl (C=O) groups excluding carboxylic acids is 1. The molecular formula is C15H13ClIN5O3S2. The molecule has 2 aromatic heterocycles. The molecule has 12 heteroatoms. The van der Waals surface area contributed by atoms with Crippen LogP contribution in [-0.2, 0) is 9.84 Å². The van der Waals surface area contributed by atoms with Crippen LogP contribution in [0.4, 0.5) is 0 Å². The molecule has 1 N–H and O–H groups in total. The van der Waals surface area contributed by atoms with Gasteiger partial charge in [-0.25, -0.2) is 18.4 Å². The molecule has 0 aliphatic carbocycles. The van der Waals surface area contributed by atoms with Gasteiger partial charge in [-0.3, -0.25) is 4.79 Å². The number of aromatic nitrogens is 4. The van der Waals surface area contributed by atoms with Crippen LogP contribution in [0.15, 0.2) is 35.6 Å². The number of benzene rings is 1. The average molecular weight is 538 g/mol. The van der Waals surface area contributed by atoms with E-state index in [1.807, 2.05) is 0 Å². The van der Waals surface area contributed by atoms with Crippen LogP contribution in [0.2, 0.25) is 5.02 Å². The largest absolute Gasteiger partial charge is 0.342 e. The third-order valence-corrected chi connectivity index (χ3v) is 6.53. The van der Waals surface area contributed by atoms with Crippen molar-refractivity contribution in [1.82, 2.24) is 25.1 Å². The van der Waals surface area contributed by atoms with Crippen molar-refractivity contribution in [1.29, 1.82) is 0 Å². The topological polar surface area (TPSA) is 107 Å². The van der Waals surface area contributed by atoms with E-state index in [2.05, 4.69) is 43.0 Å². The molecule has 0 saturated carbocycles. The third-order valence-electron chi connectivity index (χ3n) is 3.52. The molecule has 0 radical (unpaired) electrons. The number of amides is 1. The molecule has 142 valence electrons. The molecule has 8 nitrogen and oxygen atoms in total. The maximum absolute atomic E-state index is 12.6. The molecule has 0 unspecified atom stereocenters. The van der Waals surface area contributed by atoms with Gasteiger partial charge in [0.1, 0.15) is 6.33 Å². The van der Waals surface area contributed by atoms with Crippen molar-refractivity contribution < 1.29 is 13.2 Å². The Hall–Kier alpha value is -1.57.